The molecule has 0 fully saturated rings. The van der Waals surface area contributed by atoms with Crippen LogP contribution < -0.4 is 10.5 Å². The fraction of sp³-hybridized carbons (Fsp3) is 0.600. The van der Waals surface area contributed by atoms with E-state index < -0.39 is 16.1 Å². The first-order chi connectivity index (χ1) is 8.15. The summed E-state index contributed by atoms with van der Waals surface area (Å²) in [5.41, 5.74) is 6.28. The molecule has 0 spiro atoms. The van der Waals surface area contributed by atoms with Gasteiger partial charge in [-0.25, -0.2) is 13.1 Å². The molecule has 102 valence electrons. The van der Waals surface area contributed by atoms with Gasteiger partial charge in [-0.2, -0.15) is 5.10 Å². The van der Waals surface area contributed by atoms with E-state index in [0.29, 0.717) is 11.4 Å². The normalized spacial score (nSPS) is 13.6. The van der Waals surface area contributed by atoms with E-state index in [-0.39, 0.29) is 17.2 Å². The van der Waals surface area contributed by atoms with Crippen LogP contribution >= 0.6 is 0 Å². The largest absolute Gasteiger partial charge is 0.388 e. The quantitative estimate of drug-likeness (QED) is 0.518. The number of hydrogen-bond acceptors (Lipinski definition) is 4. The van der Waals surface area contributed by atoms with Crippen molar-refractivity contribution in [2.75, 3.05) is 0 Å². The number of amidine groups is 1. The molecule has 0 aliphatic heterocycles. The minimum absolute atomic E-state index is 0.0511. The van der Waals surface area contributed by atoms with E-state index >= 15 is 0 Å². The molecule has 0 aliphatic carbocycles. The lowest BCUT2D eigenvalue weighted by molar-refractivity contribution is 0.563. The van der Waals surface area contributed by atoms with E-state index in [0.717, 1.165) is 0 Å². The summed E-state index contributed by atoms with van der Waals surface area (Å²) in [4.78, 5) is 0.195. The van der Waals surface area contributed by atoms with Gasteiger partial charge in [0.25, 0.3) is 0 Å². The second-order valence-electron chi connectivity index (χ2n) is 4.38. The minimum Gasteiger partial charge on any atom is -0.388 e. The van der Waals surface area contributed by atoms with E-state index in [1.807, 2.05) is 0 Å². The van der Waals surface area contributed by atoms with Gasteiger partial charge in [-0.05, 0) is 20.8 Å². The molecule has 0 saturated carbocycles. The summed E-state index contributed by atoms with van der Waals surface area (Å²) < 4.78 is 28.4. The van der Waals surface area contributed by atoms with Gasteiger partial charge < -0.3 is 5.73 Å². The molecule has 1 unspecified atom stereocenters. The smallest absolute Gasteiger partial charge is 0.244 e. The van der Waals surface area contributed by atoms with Crippen molar-refractivity contribution in [3.05, 3.63) is 11.4 Å². The Morgan fingerprint density at radius 1 is 1.56 bits per heavy atom. The van der Waals surface area contributed by atoms with Crippen LogP contribution in [0.2, 0.25) is 0 Å². The Kier molecular flexibility index (Phi) is 4.12. The van der Waals surface area contributed by atoms with Crippen molar-refractivity contribution in [3.8, 4) is 0 Å². The first-order valence-corrected chi connectivity index (χ1v) is 6.99. The van der Waals surface area contributed by atoms with Crippen molar-refractivity contribution in [2.45, 2.75) is 38.1 Å². The summed E-state index contributed by atoms with van der Waals surface area (Å²) in [6.45, 7) is 5.02. The number of aryl methyl sites for hydroxylation is 2. The van der Waals surface area contributed by atoms with Crippen LogP contribution in [0.15, 0.2) is 4.90 Å². The lowest BCUT2D eigenvalue weighted by Crippen LogP contribution is -2.36. The molecule has 0 amide bonds. The van der Waals surface area contributed by atoms with Gasteiger partial charge >= 0.3 is 0 Å². The Hall–Kier alpha value is -1.41. The third kappa shape index (κ3) is 3.08. The maximum absolute atomic E-state index is 12.2. The van der Waals surface area contributed by atoms with Crippen molar-refractivity contribution < 1.29 is 8.42 Å². The highest BCUT2D eigenvalue weighted by molar-refractivity contribution is 7.89. The first-order valence-electron chi connectivity index (χ1n) is 5.50. The predicted molar refractivity (Wildman–Crippen MR) is 69.0 cm³/mol. The number of nitrogens with one attached hydrogen (secondary N) is 2. The molecule has 8 heteroatoms. The molecule has 7 nitrogen and oxygen atoms in total. The van der Waals surface area contributed by atoms with Gasteiger partial charge in [0.15, 0.2) is 0 Å². The zero-order chi connectivity index (χ0) is 14.1. The van der Waals surface area contributed by atoms with Gasteiger partial charge in [0, 0.05) is 19.5 Å². The van der Waals surface area contributed by atoms with Gasteiger partial charge in [-0.15, -0.1) is 0 Å². The van der Waals surface area contributed by atoms with Crippen molar-refractivity contribution in [3.63, 3.8) is 0 Å². The highest BCUT2D eigenvalue weighted by Gasteiger charge is 2.25. The highest BCUT2D eigenvalue weighted by atomic mass is 32.2. The van der Waals surface area contributed by atoms with Crippen molar-refractivity contribution in [2.24, 2.45) is 12.8 Å². The van der Waals surface area contributed by atoms with Crippen LogP contribution in [0.25, 0.3) is 0 Å². The fourth-order valence-electron chi connectivity index (χ4n) is 1.84. The SMILES string of the molecule is Cc1nn(C)c(C)c1S(=O)(=O)NC(C)CC(=N)N. The Bertz CT molecular complexity index is 561. The third-order valence-electron chi connectivity index (χ3n) is 2.59. The van der Waals surface area contributed by atoms with Crippen molar-refractivity contribution in [1.82, 2.24) is 14.5 Å². The van der Waals surface area contributed by atoms with E-state index in [2.05, 4.69) is 9.82 Å². The molecule has 1 aromatic heterocycles. The van der Waals surface area contributed by atoms with Gasteiger partial charge in [0.2, 0.25) is 10.0 Å². The molecule has 1 rings (SSSR count). The average Bonchev–Trinajstić information content (AvgIpc) is 2.37. The molecule has 0 aromatic carbocycles. The fourth-order valence-corrected chi connectivity index (χ4v) is 3.52. The maximum Gasteiger partial charge on any atom is 0.244 e. The summed E-state index contributed by atoms with van der Waals surface area (Å²) in [7, 11) is -1.94. The summed E-state index contributed by atoms with van der Waals surface area (Å²) >= 11 is 0. The number of hydrogen-bond donors (Lipinski definition) is 3. The Morgan fingerprint density at radius 3 is 2.50 bits per heavy atom. The number of aromatic nitrogens is 2. The Labute approximate surface area is 107 Å². The molecule has 0 bridgehead atoms. The van der Waals surface area contributed by atoms with E-state index in [1.165, 1.54) is 4.68 Å². The summed E-state index contributed by atoms with van der Waals surface area (Å²) in [5, 5.41) is 11.2. The molecule has 1 heterocycles. The van der Waals surface area contributed by atoms with Crippen LogP contribution in [-0.2, 0) is 17.1 Å². The third-order valence-corrected chi connectivity index (χ3v) is 4.43. The highest BCUT2D eigenvalue weighted by Crippen LogP contribution is 2.18. The average molecular weight is 273 g/mol. The van der Waals surface area contributed by atoms with Crippen LogP contribution in [0.3, 0.4) is 0 Å². The van der Waals surface area contributed by atoms with Crippen LogP contribution in [0.5, 0.6) is 0 Å². The standard InChI is InChI=1S/C10H19N5O2S/c1-6(5-9(11)12)14-18(16,17)10-7(2)13-15(4)8(10)3/h6,14H,5H2,1-4H3,(H3,11,12). The zero-order valence-electron chi connectivity index (χ0n) is 11.0. The molecule has 0 aliphatic rings. The molecular formula is C10H19N5O2S. The zero-order valence-corrected chi connectivity index (χ0v) is 11.8. The lowest BCUT2D eigenvalue weighted by Gasteiger charge is -2.13. The van der Waals surface area contributed by atoms with Crippen molar-refractivity contribution in [1.29, 1.82) is 5.41 Å². The Morgan fingerprint density at radius 2 is 2.11 bits per heavy atom. The van der Waals surface area contributed by atoms with Gasteiger partial charge in [0.1, 0.15) is 4.90 Å². The summed E-state index contributed by atoms with van der Waals surface area (Å²) in [5.74, 6) is -0.0511. The van der Waals surface area contributed by atoms with E-state index in [9.17, 15) is 8.42 Å². The molecule has 1 atom stereocenters. The summed E-state index contributed by atoms with van der Waals surface area (Å²) in [6, 6.07) is -0.425. The van der Waals surface area contributed by atoms with Crippen LogP contribution in [0, 0.1) is 19.3 Å². The lowest BCUT2D eigenvalue weighted by atomic mass is 10.2. The maximum atomic E-state index is 12.2. The number of sulfonamides is 1. The van der Waals surface area contributed by atoms with Crippen LogP contribution in [0.4, 0.5) is 0 Å². The first kappa shape index (κ1) is 14.7. The molecular weight excluding hydrogens is 254 g/mol. The topological polar surface area (TPSA) is 114 Å². The molecule has 0 radical (unpaired) electrons. The van der Waals surface area contributed by atoms with Crippen LogP contribution in [0.1, 0.15) is 24.7 Å². The molecule has 18 heavy (non-hydrogen) atoms. The monoisotopic (exact) mass is 273 g/mol. The van der Waals surface area contributed by atoms with Crippen molar-refractivity contribution >= 4 is 15.9 Å². The molecule has 1 aromatic rings. The van der Waals surface area contributed by atoms with Gasteiger partial charge in [-0.1, -0.05) is 0 Å². The van der Waals surface area contributed by atoms with Gasteiger partial charge in [0.05, 0.1) is 17.2 Å². The number of nitrogens with zero attached hydrogens (tertiary/aromatic N) is 2. The molecule has 0 saturated heterocycles. The van der Waals surface area contributed by atoms with E-state index in [4.69, 9.17) is 11.1 Å². The van der Waals surface area contributed by atoms with Crippen LogP contribution in [-0.4, -0.2) is 30.1 Å². The summed E-state index contributed by atoms with van der Waals surface area (Å²) in [6.07, 6.45) is 0.178. The number of rotatable bonds is 5. The second-order valence-corrected chi connectivity index (χ2v) is 6.03. The number of nitrogens with two attached hydrogens (primary N) is 1. The minimum atomic E-state index is -3.63. The Balaban J connectivity index is 3.04. The van der Waals surface area contributed by atoms with E-state index in [1.54, 1.807) is 27.8 Å². The van der Waals surface area contributed by atoms with Gasteiger partial charge in [-0.3, -0.25) is 10.1 Å². The predicted octanol–water partition coefficient (Wildman–Crippen LogP) is 0.0298. The molecule has 4 N–H and O–H groups in total. The second kappa shape index (κ2) is 5.07.